The average molecular weight is 347 g/mol. The van der Waals surface area contributed by atoms with E-state index in [4.69, 9.17) is 0 Å². The third-order valence-corrected chi connectivity index (χ3v) is 5.02. The number of thioether (sulfide) groups is 1. The highest BCUT2D eigenvalue weighted by atomic mass is 32.2. The Morgan fingerprint density at radius 3 is 2.79 bits per heavy atom. The maximum atomic E-state index is 12.4. The fourth-order valence-corrected chi connectivity index (χ4v) is 3.66. The molecule has 0 spiro atoms. The number of amides is 2. The first kappa shape index (κ1) is 16.5. The van der Waals surface area contributed by atoms with Crippen LogP contribution in [0.25, 0.3) is 0 Å². The van der Waals surface area contributed by atoms with Gasteiger partial charge in [-0.15, -0.1) is 0 Å². The van der Waals surface area contributed by atoms with E-state index in [0.29, 0.717) is 29.5 Å². The Kier molecular flexibility index (Phi) is 4.84. The molecule has 8 heteroatoms. The number of rotatable bonds is 3. The zero-order chi connectivity index (χ0) is 17.1. The highest BCUT2D eigenvalue weighted by molar-refractivity contribution is 8.15. The van der Waals surface area contributed by atoms with Gasteiger partial charge in [-0.3, -0.25) is 19.5 Å². The number of carbonyl (C=O) groups is 3. The number of anilines is 1. The second kappa shape index (κ2) is 7.04. The van der Waals surface area contributed by atoms with Crippen LogP contribution in [0.5, 0.6) is 0 Å². The summed E-state index contributed by atoms with van der Waals surface area (Å²) in [7, 11) is 1.31. The Labute approximate surface area is 143 Å². The van der Waals surface area contributed by atoms with E-state index < -0.39 is 11.2 Å². The minimum absolute atomic E-state index is 0.0617. The summed E-state index contributed by atoms with van der Waals surface area (Å²) in [4.78, 5) is 41.9. The minimum Gasteiger partial charge on any atom is -0.465 e. The van der Waals surface area contributed by atoms with Gasteiger partial charge in [0.15, 0.2) is 5.17 Å². The zero-order valence-corrected chi connectivity index (χ0v) is 14.0. The van der Waals surface area contributed by atoms with Gasteiger partial charge in [-0.05, 0) is 30.7 Å². The van der Waals surface area contributed by atoms with E-state index >= 15 is 0 Å². The smallest absolute Gasteiger partial charge is 0.337 e. The molecular formula is C16H17N3O4S. The number of nitrogens with zero attached hydrogens (tertiary/aromatic N) is 2. The number of amidine groups is 1. The Morgan fingerprint density at radius 2 is 2.08 bits per heavy atom. The van der Waals surface area contributed by atoms with Crippen molar-refractivity contribution in [2.24, 2.45) is 4.99 Å². The van der Waals surface area contributed by atoms with Gasteiger partial charge in [-0.1, -0.05) is 11.8 Å². The maximum absolute atomic E-state index is 12.4. The molecule has 2 aliphatic heterocycles. The van der Waals surface area contributed by atoms with Gasteiger partial charge in [0.25, 0.3) is 0 Å². The third kappa shape index (κ3) is 3.43. The molecule has 2 aliphatic rings. The number of methoxy groups -OCH3 is 1. The number of hydrogen-bond acceptors (Lipinski definition) is 6. The molecule has 1 atom stereocenters. The standard InChI is InChI=1S/C16H17N3O4S/c1-23-15(22)10-3-5-11(6-4-10)18-14(21)12-9-13(20)19-8-2-7-17-16(19)24-12/h3-6,12H,2,7-9H2,1H3,(H,18,21)/t12-/m0/s1. The molecule has 0 aromatic heterocycles. The second-order valence-electron chi connectivity index (χ2n) is 5.43. The summed E-state index contributed by atoms with van der Waals surface area (Å²) < 4.78 is 4.63. The van der Waals surface area contributed by atoms with E-state index in [1.165, 1.54) is 18.9 Å². The molecular weight excluding hydrogens is 330 g/mol. The van der Waals surface area contributed by atoms with E-state index in [-0.39, 0.29) is 18.2 Å². The van der Waals surface area contributed by atoms with E-state index in [0.717, 1.165) is 6.42 Å². The Morgan fingerprint density at radius 1 is 1.33 bits per heavy atom. The predicted octanol–water partition coefficient (Wildman–Crippen LogP) is 1.51. The molecule has 3 rings (SSSR count). The highest BCUT2D eigenvalue weighted by Crippen LogP contribution is 2.29. The van der Waals surface area contributed by atoms with Gasteiger partial charge in [0.05, 0.1) is 12.7 Å². The molecule has 1 fully saturated rings. The second-order valence-corrected chi connectivity index (χ2v) is 6.60. The summed E-state index contributed by atoms with van der Waals surface area (Å²) in [5.41, 5.74) is 0.971. The molecule has 7 nitrogen and oxygen atoms in total. The van der Waals surface area contributed by atoms with Crippen LogP contribution in [0.4, 0.5) is 5.69 Å². The summed E-state index contributed by atoms with van der Waals surface area (Å²) in [6.07, 6.45) is 1.02. The molecule has 126 valence electrons. The number of nitrogens with one attached hydrogen (secondary N) is 1. The van der Waals surface area contributed by atoms with Gasteiger partial charge < -0.3 is 10.1 Å². The van der Waals surface area contributed by atoms with Crippen LogP contribution < -0.4 is 5.32 Å². The summed E-state index contributed by atoms with van der Waals surface area (Å²) in [5.74, 6) is -0.739. The Balaban J connectivity index is 1.65. The van der Waals surface area contributed by atoms with Crippen molar-refractivity contribution in [3.05, 3.63) is 29.8 Å². The van der Waals surface area contributed by atoms with Crippen LogP contribution in [-0.2, 0) is 14.3 Å². The summed E-state index contributed by atoms with van der Waals surface area (Å²) >= 11 is 1.33. The van der Waals surface area contributed by atoms with Crippen LogP contribution in [0, 0.1) is 0 Å². The number of hydrogen-bond donors (Lipinski definition) is 1. The van der Waals surface area contributed by atoms with Crippen LogP contribution >= 0.6 is 11.8 Å². The van der Waals surface area contributed by atoms with Crippen molar-refractivity contribution in [3.63, 3.8) is 0 Å². The molecule has 0 aliphatic carbocycles. The van der Waals surface area contributed by atoms with E-state index in [1.54, 1.807) is 29.2 Å². The molecule has 24 heavy (non-hydrogen) atoms. The van der Waals surface area contributed by atoms with Gasteiger partial charge in [0, 0.05) is 25.2 Å². The maximum Gasteiger partial charge on any atom is 0.337 e. The van der Waals surface area contributed by atoms with Crippen molar-refractivity contribution in [1.82, 2.24) is 4.90 Å². The van der Waals surface area contributed by atoms with Crippen LogP contribution in [0.15, 0.2) is 29.3 Å². The van der Waals surface area contributed by atoms with Crippen LogP contribution in [0.2, 0.25) is 0 Å². The number of aliphatic imine (C=N–C) groups is 1. The van der Waals surface area contributed by atoms with Crippen molar-refractivity contribution in [2.45, 2.75) is 18.1 Å². The quantitative estimate of drug-likeness (QED) is 0.837. The van der Waals surface area contributed by atoms with Crippen molar-refractivity contribution < 1.29 is 19.1 Å². The first-order chi connectivity index (χ1) is 11.6. The van der Waals surface area contributed by atoms with Crippen LogP contribution in [-0.4, -0.2) is 53.3 Å². The molecule has 1 N–H and O–H groups in total. The lowest BCUT2D eigenvalue weighted by Gasteiger charge is -2.33. The highest BCUT2D eigenvalue weighted by Gasteiger charge is 2.36. The molecule has 0 unspecified atom stereocenters. The molecule has 1 aromatic carbocycles. The van der Waals surface area contributed by atoms with Crippen LogP contribution in [0.3, 0.4) is 0 Å². The lowest BCUT2D eigenvalue weighted by molar-refractivity contribution is -0.129. The topological polar surface area (TPSA) is 88.1 Å². The zero-order valence-electron chi connectivity index (χ0n) is 13.2. The van der Waals surface area contributed by atoms with Crippen molar-refractivity contribution >= 4 is 40.4 Å². The monoisotopic (exact) mass is 347 g/mol. The Bertz CT molecular complexity index is 702. The van der Waals surface area contributed by atoms with E-state index in [1.807, 2.05) is 0 Å². The van der Waals surface area contributed by atoms with Crippen molar-refractivity contribution in [2.75, 3.05) is 25.5 Å². The van der Waals surface area contributed by atoms with Crippen molar-refractivity contribution in [3.8, 4) is 0 Å². The first-order valence-electron chi connectivity index (χ1n) is 7.59. The summed E-state index contributed by atoms with van der Waals surface area (Å²) in [5, 5.41) is 2.92. The summed E-state index contributed by atoms with van der Waals surface area (Å²) in [6, 6.07) is 6.41. The summed E-state index contributed by atoms with van der Waals surface area (Å²) in [6.45, 7) is 1.36. The van der Waals surface area contributed by atoms with Crippen molar-refractivity contribution in [1.29, 1.82) is 0 Å². The number of carbonyl (C=O) groups excluding carboxylic acids is 3. The van der Waals surface area contributed by atoms with Gasteiger partial charge in [-0.25, -0.2) is 4.79 Å². The SMILES string of the molecule is COC(=O)c1ccc(NC(=O)[C@@H]2CC(=O)N3CCCN=C3S2)cc1. The van der Waals surface area contributed by atoms with Gasteiger partial charge in [-0.2, -0.15) is 0 Å². The Hall–Kier alpha value is -2.35. The van der Waals surface area contributed by atoms with Gasteiger partial charge in [0.2, 0.25) is 11.8 Å². The largest absolute Gasteiger partial charge is 0.465 e. The molecule has 0 radical (unpaired) electrons. The van der Waals surface area contributed by atoms with Gasteiger partial charge in [0.1, 0.15) is 5.25 Å². The number of benzene rings is 1. The fraction of sp³-hybridized carbons (Fsp3) is 0.375. The lowest BCUT2D eigenvalue weighted by atomic mass is 10.2. The number of esters is 1. The van der Waals surface area contributed by atoms with Crippen LogP contribution in [0.1, 0.15) is 23.2 Å². The predicted molar refractivity (Wildman–Crippen MR) is 91.0 cm³/mol. The first-order valence-corrected chi connectivity index (χ1v) is 8.47. The minimum atomic E-state index is -0.495. The molecule has 2 amide bonds. The molecule has 2 heterocycles. The average Bonchev–Trinajstić information content (AvgIpc) is 2.61. The number of ether oxygens (including phenoxy) is 1. The molecule has 1 saturated heterocycles. The van der Waals surface area contributed by atoms with E-state index in [2.05, 4.69) is 15.0 Å². The van der Waals surface area contributed by atoms with E-state index in [9.17, 15) is 14.4 Å². The fourth-order valence-electron chi connectivity index (χ4n) is 2.53. The molecule has 0 bridgehead atoms. The molecule has 1 aromatic rings. The third-order valence-electron chi connectivity index (χ3n) is 3.79. The molecule has 0 saturated carbocycles. The normalized spacial score (nSPS) is 20.0. The lowest BCUT2D eigenvalue weighted by Crippen LogP contribution is -2.47. The van der Waals surface area contributed by atoms with Gasteiger partial charge >= 0.3 is 5.97 Å². The number of fused-ring (bicyclic) bond motifs is 1.